The Morgan fingerprint density at radius 1 is 1.17 bits per heavy atom. The number of carbonyl (C=O) groups excluding carboxylic acids is 1. The summed E-state index contributed by atoms with van der Waals surface area (Å²) in [6.45, 7) is 4.50. The molecule has 1 saturated heterocycles. The van der Waals surface area contributed by atoms with Gasteiger partial charge in [-0.2, -0.15) is 0 Å². The molecule has 0 radical (unpaired) electrons. The van der Waals surface area contributed by atoms with Crippen LogP contribution < -0.4 is 10.1 Å². The van der Waals surface area contributed by atoms with E-state index in [4.69, 9.17) is 28.6 Å². The highest BCUT2D eigenvalue weighted by molar-refractivity contribution is 8.26. The Hall–Kier alpha value is -2.54. The highest BCUT2D eigenvalue weighted by atomic mass is 35.5. The fraction of sp³-hybridized carbons (Fsp3) is 0.130. The van der Waals surface area contributed by atoms with E-state index >= 15 is 0 Å². The molecule has 152 valence electrons. The molecule has 1 aliphatic heterocycles. The van der Waals surface area contributed by atoms with Gasteiger partial charge in [-0.05, 0) is 61.9 Å². The summed E-state index contributed by atoms with van der Waals surface area (Å²) in [4.78, 5) is 12.6. The van der Waals surface area contributed by atoms with Crippen LogP contribution in [0, 0.1) is 13.8 Å². The number of ether oxygens (including phenoxy) is 1. The number of nitrogens with one attached hydrogen (secondary N) is 1. The summed E-state index contributed by atoms with van der Waals surface area (Å²) >= 11 is 12.5. The zero-order valence-electron chi connectivity index (χ0n) is 16.4. The molecule has 1 amide bonds. The van der Waals surface area contributed by atoms with Gasteiger partial charge >= 0.3 is 0 Å². The van der Waals surface area contributed by atoms with Crippen molar-refractivity contribution in [1.82, 2.24) is 9.88 Å². The Morgan fingerprint density at radius 2 is 1.90 bits per heavy atom. The molecule has 1 aromatic heterocycles. The number of hydrogen-bond donors (Lipinski definition) is 1. The number of aromatic nitrogens is 1. The van der Waals surface area contributed by atoms with Crippen molar-refractivity contribution in [3.05, 3.63) is 87.0 Å². The van der Waals surface area contributed by atoms with Crippen LogP contribution >= 0.6 is 35.6 Å². The normalized spacial score (nSPS) is 15.0. The van der Waals surface area contributed by atoms with Crippen LogP contribution in [0.4, 0.5) is 0 Å². The first-order valence-electron chi connectivity index (χ1n) is 9.33. The highest BCUT2D eigenvalue weighted by Crippen LogP contribution is 2.29. The Labute approximate surface area is 189 Å². The lowest BCUT2D eigenvalue weighted by Crippen LogP contribution is -2.17. The number of thioether (sulfide) groups is 1. The average Bonchev–Trinajstić information content (AvgIpc) is 3.19. The SMILES string of the molecule is Cc1cc(/C=C2\SC(=S)NC2=O)c(C)n1-c1ccc(OCc2ccccc2Cl)cc1. The molecule has 4 nitrogen and oxygen atoms in total. The van der Waals surface area contributed by atoms with Crippen LogP contribution in [0.25, 0.3) is 11.8 Å². The maximum atomic E-state index is 12.0. The molecule has 30 heavy (non-hydrogen) atoms. The largest absolute Gasteiger partial charge is 0.489 e. The fourth-order valence-electron chi connectivity index (χ4n) is 3.36. The summed E-state index contributed by atoms with van der Waals surface area (Å²) in [5, 5.41) is 3.35. The number of hydrogen-bond acceptors (Lipinski definition) is 4. The van der Waals surface area contributed by atoms with Crippen LogP contribution in [0.1, 0.15) is 22.5 Å². The lowest BCUT2D eigenvalue weighted by molar-refractivity contribution is -0.115. The number of thiocarbonyl (C=S) groups is 1. The van der Waals surface area contributed by atoms with Crippen molar-refractivity contribution in [2.45, 2.75) is 20.5 Å². The van der Waals surface area contributed by atoms with Gasteiger partial charge in [-0.25, -0.2) is 0 Å². The van der Waals surface area contributed by atoms with E-state index in [9.17, 15) is 4.79 Å². The Morgan fingerprint density at radius 3 is 2.57 bits per heavy atom. The smallest absolute Gasteiger partial charge is 0.263 e. The van der Waals surface area contributed by atoms with E-state index in [1.165, 1.54) is 11.8 Å². The van der Waals surface area contributed by atoms with Crippen molar-refractivity contribution in [3.63, 3.8) is 0 Å². The van der Waals surface area contributed by atoms with E-state index in [-0.39, 0.29) is 5.91 Å². The summed E-state index contributed by atoms with van der Waals surface area (Å²) in [6, 6.07) is 17.7. The zero-order valence-corrected chi connectivity index (χ0v) is 18.8. The minimum Gasteiger partial charge on any atom is -0.489 e. The molecule has 1 fully saturated rings. The highest BCUT2D eigenvalue weighted by Gasteiger charge is 2.23. The van der Waals surface area contributed by atoms with Crippen LogP contribution in [0.15, 0.2) is 59.5 Å². The van der Waals surface area contributed by atoms with Crippen LogP contribution in [-0.2, 0) is 11.4 Å². The number of carbonyl (C=O) groups is 1. The minimum absolute atomic E-state index is 0.144. The van der Waals surface area contributed by atoms with E-state index in [2.05, 4.69) is 16.0 Å². The zero-order chi connectivity index (χ0) is 21.3. The van der Waals surface area contributed by atoms with Gasteiger partial charge in [0.05, 0.1) is 4.91 Å². The van der Waals surface area contributed by atoms with Crippen molar-refractivity contribution >= 4 is 51.9 Å². The Kier molecular flexibility index (Phi) is 5.99. The van der Waals surface area contributed by atoms with E-state index in [0.717, 1.165) is 34.0 Å². The summed E-state index contributed by atoms with van der Waals surface area (Å²) < 4.78 is 8.52. The first-order valence-corrected chi connectivity index (χ1v) is 10.9. The third kappa shape index (κ3) is 4.31. The molecule has 0 spiro atoms. The topological polar surface area (TPSA) is 43.3 Å². The number of rotatable bonds is 5. The molecule has 1 N–H and O–H groups in total. The van der Waals surface area contributed by atoms with Crippen molar-refractivity contribution < 1.29 is 9.53 Å². The van der Waals surface area contributed by atoms with Gasteiger partial charge in [0.25, 0.3) is 5.91 Å². The summed E-state index contributed by atoms with van der Waals surface area (Å²) in [5.74, 6) is 0.630. The fourth-order valence-corrected chi connectivity index (χ4v) is 4.59. The summed E-state index contributed by atoms with van der Waals surface area (Å²) in [7, 11) is 0. The quantitative estimate of drug-likeness (QED) is 0.390. The molecule has 3 aromatic rings. The number of benzene rings is 2. The number of amides is 1. The molecule has 0 bridgehead atoms. The number of halogens is 1. The molecule has 4 rings (SSSR count). The summed E-state index contributed by atoms with van der Waals surface area (Å²) in [5.41, 5.74) is 5.10. The predicted molar refractivity (Wildman–Crippen MR) is 127 cm³/mol. The van der Waals surface area contributed by atoms with Crippen LogP contribution in [0.2, 0.25) is 5.02 Å². The standard InChI is InChI=1S/C23H19ClN2O2S2/c1-14-11-17(12-21-22(27)25-23(29)30-21)15(2)26(14)18-7-9-19(10-8-18)28-13-16-5-3-4-6-20(16)24/h3-12H,13H2,1-2H3,(H,25,27,29)/b21-12-. The van der Waals surface area contributed by atoms with Gasteiger partial charge in [0.15, 0.2) is 0 Å². The predicted octanol–water partition coefficient (Wildman–Crippen LogP) is 5.82. The monoisotopic (exact) mass is 454 g/mol. The van der Waals surface area contributed by atoms with Gasteiger partial charge in [0, 0.05) is 27.7 Å². The van der Waals surface area contributed by atoms with E-state index in [1.807, 2.05) is 68.5 Å². The number of nitrogens with zero attached hydrogens (tertiary/aromatic N) is 1. The molecule has 0 atom stereocenters. The molecule has 2 heterocycles. The lowest BCUT2D eigenvalue weighted by Gasteiger charge is -2.12. The second kappa shape index (κ2) is 8.68. The van der Waals surface area contributed by atoms with Gasteiger partial charge < -0.3 is 14.6 Å². The van der Waals surface area contributed by atoms with Crippen molar-refractivity contribution in [2.75, 3.05) is 0 Å². The van der Waals surface area contributed by atoms with Crippen molar-refractivity contribution in [2.24, 2.45) is 0 Å². The molecule has 0 aliphatic carbocycles. The van der Waals surface area contributed by atoms with Crippen LogP contribution in [0.3, 0.4) is 0 Å². The summed E-state index contributed by atoms with van der Waals surface area (Å²) in [6.07, 6.45) is 1.89. The van der Waals surface area contributed by atoms with Crippen LogP contribution in [-0.4, -0.2) is 14.8 Å². The Balaban J connectivity index is 1.54. The minimum atomic E-state index is -0.144. The first kappa shape index (κ1) is 20.7. The van der Waals surface area contributed by atoms with Gasteiger partial charge in [0.1, 0.15) is 16.7 Å². The Bertz CT molecular complexity index is 1170. The van der Waals surface area contributed by atoms with Gasteiger partial charge in [0.2, 0.25) is 0 Å². The van der Waals surface area contributed by atoms with E-state index in [1.54, 1.807) is 0 Å². The second-order valence-corrected chi connectivity index (χ2v) is 9.01. The van der Waals surface area contributed by atoms with Gasteiger partial charge in [-0.3, -0.25) is 4.79 Å². The third-order valence-electron chi connectivity index (χ3n) is 4.85. The number of aryl methyl sites for hydroxylation is 1. The molecule has 7 heteroatoms. The van der Waals surface area contributed by atoms with Crippen molar-refractivity contribution in [3.8, 4) is 11.4 Å². The van der Waals surface area contributed by atoms with Crippen LogP contribution in [0.5, 0.6) is 5.75 Å². The third-order valence-corrected chi connectivity index (χ3v) is 6.38. The van der Waals surface area contributed by atoms with E-state index in [0.29, 0.717) is 20.9 Å². The maximum absolute atomic E-state index is 12.0. The average molecular weight is 455 g/mol. The second-order valence-electron chi connectivity index (χ2n) is 6.89. The molecule has 0 saturated carbocycles. The van der Waals surface area contributed by atoms with Crippen molar-refractivity contribution in [1.29, 1.82) is 0 Å². The lowest BCUT2D eigenvalue weighted by atomic mass is 10.2. The molecular weight excluding hydrogens is 436 g/mol. The van der Waals surface area contributed by atoms with Gasteiger partial charge in [-0.1, -0.05) is 53.8 Å². The molecule has 0 unspecified atom stereocenters. The van der Waals surface area contributed by atoms with Gasteiger partial charge in [-0.15, -0.1) is 0 Å². The first-order chi connectivity index (χ1) is 14.4. The molecule has 2 aromatic carbocycles. The molecular formula is C23H19ClN2O2S2. The van der Waals surface area contributed by atoms with E-state index < -0.39 is 0 Å². The maximum Gasteiger partial charge on any atom is 0.263 e. The molecule has 1 aliphatic rings.